The maximum atomic E-state index is 11.8. The molecule has 0 aliphatic rings. The number of hydrogen-bond donors (Lipinski definition) is 3. The summed E-state index contributed by atoms with van der Waals surface area (Å²) >= 11 is 0. The molecule has 0 saturated carbocycles. The van der Waals surface area contributed by atoms with Crippen molar-refractivity contribution in [1.29, 1.82) is 0 Å². The van der Waals surface area contributed by atoms with Crippen LogP contribution < -0.4 is 16.8 Å². The van der Waals surface area contributed by atoms with Crippen molar-refractivity contribution in [3.63, 3.8) is 0 Å². The summed E-state index contributed by atoms with van der Waals surface area (Å²) in [7, 11) is 0. The highest BCUT2D eigenvalue weighted by atomic mass is 16.2. The molecular weight excluding hydrogens is 220 g/mol. The Kier molecular flexibility index (Phi) is 4.56. The smallest absolute Gasteiger partial charge is 0.267 e. The lowest BCUT2D eigenvalue weighted by molar-refractivity contribution is -0.118. The maximum Gasteiger partial charge on any atom is 0.267 e. The highest BCUT2D eigenvalue weighted by Crippen LogP contribution is 2.10. The van der Waals surface area contributed by atoms with Crippen LogP contribution in [0.5, 0.6) is 0 Å². The number of amides is 2. The molecule has 2 amide bonds. The molecule has 6 nitrogen and oxygen atoms in total. The fourth-order valence-electron chi connectivity index (χ4n) is 1.54. The van der Waals surface area contributed by atoms with Gasteiger partial charge in [-0.3, -0.25) is 9.59 Å². The Bertz CT molecular complexity index is 412. The lowest BCUT2D eigenvalue weighted by atomic mass is 10.3. The number of nitrogens with two attached hydrogens (primary N) is 2. The minimum Gasteiger partial charge on any atom is -0.397 e. The van der Waals surface area contributed by atoms with Gasteiger partial charge in [-0.25, -0.2) is 0 Å². The average Bonchev–Trinajstić information content (AvgIpc) is 2.65. The van der Waals surface area contributed by atoms with Gasteiger partial charge < -0.3 is 21.4 Å². The van der Waals surface area contributed by atoms with Crippen LogP contribution in [0.2, 0.25) is 0 Å². The minimum atomic E-state index is -0.361. The topological polar surface area (TPSA) is 103 Å². The molecule has 0 radical (unpaired) electrons. The number of carbonyl (C=O) groups excluding carboxylic acids is 2. The third-order valence-corrected chi connectivity index (χ3v) is 2.38. The van der Waals surface area contributed by atoms with Gasteiger partial charge in [-0.05, 0) is 19.4 Å². The third-order valence-electron chi connectivity index (χ3n) is 2.38. The minimum absolute atomic E-state index is 0.187. The van der Waals surface area contributed by atoms with Crippen LogP contribution in [0.4, 0.5) is 5.69 Å². The maximum absolute atomic E-state index is 11.8. The van der Waals surface area contributed by atoms with Gasteiger partial charge in [0.25, 0.3) is 5.91 Å². The normalized spacial score (nSPS) is 10.2. The molecule has 6 heteroatoms. The molecule has 1 rings (SSSR count). The Morgan fingerprint density at radius 3 is 2.76 bits per heavy atom. The molecule has 0 atom stereocenters. The number of carbonyl (C=O) groups is 2. The van der Waals surface area contributed by atoms with Crippen LogP contribution in [0, 0.1) is 0 Å². The van der Waals surface area contributed by atoms with Crippen molar-refractivity contribution >= 4 is 17.5 Å². The van der Waals surface area contributed by atoms with E-state index in [1.807, 2.05) is 6.92 Å². The molecule has 0 unspecified atom stereocenters. The van der Waals surface area contributed by atoms with E-state index >= 15 is 0 Å². The van der Waals surface area contributed by atoms with E-state index in [9.17, 15) is 9.59 Å². The number of nitrogen functional groups attached to an aromatic ring is 1. The van der Waals surface area contributed by atoms with E-state index in [0.29, 0.717) is 30.9 Å². The summed E-state index contributed by atoms with van der Waals surface area (Å²) in [4.78, 5) is 22.3. The second-order valence-electron chi connectivity index (χ2n) is 3.77. The summed E-state index contributed by atoms with van der Waals surface area (Å²) in [5, 5.41) is 2.72. The first-order chi connectivity index (χ1) is 8.04. The largest absolute Gasteiger partial charge is 0.397 e. The molecule has 0 fully saturated rings. The molecule has 94 valence electrons. The molecule has 1 heterocycles. The first-order valence-electron chi connectivity index (χ1n) is 5.56. The van der Waals surface area contributed by atoms with Gasteiger partial charge in [0.1, 0.15) is 5.69 Å². The fourth-order valence-corrected chi connectivity index (χ4v) is 1.54. The summed E-state index contributed by atoms with van der Waals surface area (Å²) in [6.45, 7) is 3.04. The van der Waals surface area contributed by atoms with Gasteiger partial charge in [-0.2, -0.15) is 0 Å². The standard InChI is InChI=1S/C11H18N4O2/c1-2-15-7-8(12)6-9(15)11(17)14-5-3-4-10(13)16/h6-7H,2-5,12H2,1H3,(H2,13,16)(H,14,17). The van der Waals surface area contributed by atoms with Crippen molar-refractivity contribution in [2.45, 2.75) is 26.3 Å². The summed E-state index contributed by atoms with van der Waals surface area (Å²) in [6.07, 6.45) is 2.54. The number of aryl methyl sites for hydroxylation is 1. The van der Waals surface area contributed by atoms with Crippen molar-refractivity contribution < 1.29 is 9.59 Å². The number of nitrogens with zero attached hydrogens (tertiary/aromatic N) is 1. The molecular formula is C11H18N4O2. The zero-order valence-electron chi connectivity index (χ0n) is 9.90. The van der Waals surface area contributed by atoms with Crippen LogP contribution in [0.15, 0.2) is 12.3 Å². The number of aromatic nitrogens is 1. The van der Waals surface area contributed by atoms with Gasteiger partial charge in [-0.15, -0.1) is 0 Å². The van der Waals surface area contributed by atoms with E-state index in [1.54, 1.807) is 16.8 Å². The van der Waals surface area contributed by atoms with Gasteiger partial charge in [0.2, 0.25) is 5.91 Å². The number of primary amides is 1. The predicted octanol–water partition coefficient (Wildman–Crippen LogP) is 0.0855. The van der Waals surface area contributed by atoms with Crippen LogP contribution >= 0.6 is 0 Å². The summed E-state index contributed by atoms with van der Waals surface area (Å²) in [6, 6.07) is 1.63. The van der Waals surface area contributed by atoms with Gasteiger partial charge in [0, 0.05) is 25.7 Å². The summed E-state index contributed by atoms with van der Waals surface area (Å²) < 4.78 is 1.78. The van der Waals surface area contributed by atoms with Crippen molar-refractivity contribution in [1.82, 2.24) is 9.88 Å². The Balaban J connectivity index is 2.49. The van der Waals surface area contributed by atoms with E-state index in [0.717, 1.165) is 0 Å². The Hall–Kier alpha value is -1.98. The molecule has 1 aromatic rings. The summed E-state index contributed by atoms with van der Waals surface area (Å²) in [5.41, 5.74) is 11.7. The number of anilines is 1. The molecule has 17 heavy (non-hydrogen) atoms. The average molecular weight is 238 g/mol. The van der Waals surface area contributed by atoms with Crippen molar-refractivity contribution in [2.75, 3.05) is 12.3 Å². The third kappa shape index (κ3) is 3.82. The highest BCUT2D eigenvalue weighted by Gasteiger charge is 2.11. The highest BCUT2D eigenvalue weighted by molar-refractivity contribution is 5.93. The zero-order chi connectivity index (χ0) is 12.8. The molecule has 1 aromatic heterocycles. The van der Waals surface area contributed by atoms with Crippen LogP contribution in [0.1, 0.15) is 30.3 Å². The number of nitrogens with one attached hydrogen (secondary N) is 1. The summed E-state index contributed by atoms with van der Waals surface area (Å²) in [5.74, 6) is -0.548. The molecule has 0 bridgehead atoms. The molecule has 0 aliphatic carbocycles. The molecule has 0 spiro atoms. The van der Waals surface area contributed by atoms with Crippen LogP contribution in [0.3, 0.4) is 0 Å². The van der Waals surface area contributed by atoms with E-state index < -0.39 is 0 Å². The Morgan fingerprint density at radius 2 is 2.18 bits per heavy atom. The van der Waals surface area contributed by atoms with Crippen molar-refractivity contribution in [2.24, 2.45) is 5.73 Å². The SMILES string of the molecule is CCn1cc(N)cc1C(=O)NCCCC(N)=O. The molecule has 0 aliphatic heterocycles. The van der Waals surface area contributed by atoms with E-state index in [1.165, 1.54) is 0 Å². The monoisotopic (exact) mass is 238 g/mol. The zero-order valence-corrected chi connectivity index (χ0v) is 9.90. The Morgan fingerprint density at radius 1 is 1.47 bits per heavy atom. The van der Waals surface area contributed by atoms with Gasteiger partial charge in [-0.1, -0.05) is 0 Å². The molecule has 0 saturated heterocycles. The van der Waals surface area contributed by atoms with E-state index in [2.05, 4.69) is 5.32 Å². The first-order valence-corrected chi connectivity index (χ1v) is 5.56. The quantitative estimate of drug-likeness (QED) is 0.612. The van der Waals surface area contributed by atoms with Crippen LogP contribution in [-0.2, 0) is 11.3 Å². The van der Waals surface area contributed by atoms with Crippen LogP contribution in [0.25, 0.3) is 0 Å². The van der Waals surface area contributed by atoms with Crippen molar-refractivity contribution in [3.05, 3.63) is 18.0 Å². The lowest BCUT2D eigenvalue weighted by Gasteiger charge is -2.06. The fraction of sp³-hybridized carbons (Fsp3) is 0.455. The van der Waals surface area contributed by atoms with Gasteiger partial charge in [0.15, 0.2) is 0 Å². The molecule has 5 N–H and O–H groups in total. The first kappa shape index (κ1) is 13.1. The Labute approximate surface area is 100.0 Å². The molecule has 0 aromatic carbocycles. The number of hydrogen-bond acceptors (Lipinski definition) is 3. The van der Waals surface area contributed by atoms with E-state index in [4.69, 9.17) is 11.5 Å². The second-order valence-corrected chi connectivity index (χ2v) is 3.77. The van der Waals surface area contributed by atoms with E-state index in [-0.39, 0.29) is 18.2 Å². The van der Waals surface area contributed by atoms with Crippen molar-refractivity contribution in [3.8, 4) is 0 Å². The predicted molar refractivity (Wildman–Crippen MR) is 65.3 cm³/mol. The second kappa shape index (κ2) is 5.93. The van der Waals surface area contributed by atoms with Crippen LogP contribution in [-0.4, -0.2) is 22.9 Å². The van der Waals surface area contributed by atoms with Gasteiger partial charge in [0.05, 0.1) is 5.69 Å². The number of rotatable bonds is 6. The van der Waals surface area contributed by atoms with Gasteiger partial charge >= 0.3 is 0 Å². The lowest BCUT2D eigenvalue weighted by Crippen LogP contribution is -2.27.